The van der Waals surface area contributed by atoms with Gasteiger partial charge in [-0.1, -0.05) is 19.1 Å². The summed E-state index contributed by atoms with van der Waals surface area (Å²) >= 11 is 0. The number of hydrogen-bond donors (Lipinski definition) is 1. The van der Waals surface area contributed by atoms with Crippen molar-refractivity contribution < 1.29 is 17.9 Å². The van der Waals surface area contributed by atoms with E-state index >= 15 is 0 Å². The van der Waals surface area contributed by atoms with Crippen LogP contribution in [0, 0.1) is 0 Å². The minimum atomic E-state index is -3.45. The maximum absolute atomic E-state index is 13.5. The van der Waals surface area contributed by atoms with Crippen molar-refractivity contribution in [3.05, 3.63) is 42.2 Å². The molecule has 2 aromatic heterocycles. The van der Waals surface area contributed by atoms with Crippen molar-refractivity contribution in [2.24, 2.45) is 0 Å². The lowest BCUT2D eigenvalue weighted by molar-refractivity contribution is 0.0730. The molecule has 2 aliphatic rings. The van der Waals surface area contributed by atoms with Crippen molar-refractivity contribution in [2.45, 2.75) is 37.5 Å². The summed E-state index contributed by atoms with van der Waals surface area (Å²) < 4.78 is 37.1. The lowest BCUT2D eigenvalue weighted by Gasteiger charge is -2.38. The number of sulfone groups is 1. The predicted octanol–water partition coefficient (Wildman–Crippen LogP) is 3.29. The summed E-state index contributed by atoms with van der Waals surface area (Å²) in [5, 5.41) is 1.01. The minimum absolute atomic E-state index is 0.0586. The molecular weight excluding hydrogens is 440 g/mol. The van der Waals surface area contributed by atoms with E-state index in [4.69, 9.17) is 19.4 Å². The van der Waals surface area contributed by atoms with Crippen molar-refractivity contribution in [3.8, 4) is 11.4 Å². The Bertz CT molecular complexity index is 1250. The third kappa shape index (κ3) is 3.82. The summed E-state index contributed by atoms with van der Waals surface area (Å²) in [5.74, 6) is 1.35. The van der Waals surface area contributed by atoms with Crippen LogP contribution in [-0.4, -0.2) is 68.1 Å². The Kier molecular flexibility index (Phi) is 5.88. The highest BCUT2D eigenvalue weighted by Crippen LogP contribution is 2.42. The van der Waals surface area contributed by atoms with Gasteiger partial charge in [0, 0.05) is 54.2 Å². The van der Waals surface area contributed by atoms with Crippen LogP contribution in [0.2, 0.25) is 0 Å². The Morgan fingerprint density at radius 3 is 2.73 bits per heavy atom. The fraction of sp³-hybridized carbons (Fsp3) is 0.500. The molecule has 1 N–H and O–H groups in total. The van der Waals surface area contributed by atoms with Gasteiger partial charge in [0.25, 0.3) is 0 Å². The van der Waals surface area contributed by atoms with Gasteiger partial charge in [0.15, 0.2) is 15.7 Å². The quantitative estimate of drug-likeness (QED) is 0.611. The molecule has 3 aromatic rings. The lowest BCUT2D eigenvalue weighted by Crippen LogP contribution is -2.45. The van der Waals surface area contributed by atoms with Gasteiger partial charge in [-0.15, -0.1) is 0 Å². The number of nitrogens with zero attached hydrogens (tertiary/aromatic N) is 3. The van der Waals surface area contributed by atoms with Crippen LogP contribution in [0.4, 0.5) is 5.82 Å². The SMILES string of the molecule is CCS(=O)(=O)C1(c2cc(N3CCOCC3C)nc(-c3cccc4[nH]ccc34)n2)CCOCC1. The fourth-order valence-electron chi connectivity index (χ4n) is 4.99. The van der Waals surface area contributed by atoms with Crippen molar-refractivity contribution in [3.63, 3.8) is 0 Å². The highest BCUT2D eigenvalue weighted by atomic mass is 32.2. The molecule has 5 rings (SSSR count). The first-order valence-electron chi connectivity index (χ1n) is 11.6. The summed E-state index contributed by atoms with van der Waals surface area (Å²) in [4.78, 5) is 15.3. The van der Waals surface area contributed by atoms with Crippen LogP contribution in [0.15, 0.2) is 36.5 Å². The van der Waals surface area contributed by atoms with Gasteiger partial charge in [0.2, 0.25) is 0 Å². The highest BCUT2D eigenvalue weighted by molar-refractivity contribution is 7.92. The van der Waals surface area contributed by atoms with Crippen LogP contribution in [0.5, 0.6) is 0 Å². The molecule has 33 heavy (non-hydrogen) atoms. The summed E-state index contributed by atoms with van der Waals surface area (Å²) in [6.07, 6.45) is 2.68. The Labute approximate surface area is 194 Å². The molecule has 2 aliphatic heterocycles. The number of benzene rings is 1. The number of aromatic nitrogens is 3. The molecule has 0 aliphatic carbocycles. The maximum Gasteiger partial charge on any atom is 0.162 e. The van der Waals surface area contributed by atoms with Gasteiger partial charge in [0.05, 0.1) is 24.9 Å². The Morgan fingerprint density at radius 2 is 1.97 bits per heavy atom. The zero-order valence-electron chi connectivity index (χ0n) is 19.1. The van der Waals surface area contributed by atoms with Gasteiger partial charge in [0.1, 0.15) is 10.6 Å². The number of anilines is 1. The standard InChI is InChI=1S/C24H30N4O4S/c1-3-33(29,30)24(8-12-31-13-9-24)21-15-22(28-11-14-32-16-17(28)2)27-23(26-21)19-5-4-6-20-18(19)7-10-25-20/h4-7,10,15,17,25H,3,8-9,11-14,16H2,1-2H3. The average molecular weight is 471 g/mol. The lowest BCUT2D eigenvalue weighted by atomic mass is 9.94. The van der Waals surface area contributed by atoms with Gasteiger partial charge < -0.3 is 19.4 Å². The van der Waals surface area contributed by atoms with E-state index in [9.17, 15) is 8.42 Å². The van der Waals surface area contributed by atoms with Crippen LogP contribution >= 0.6 is 0 Å². The van der Waals surface area contributed by atoms with E-state index in [1.165, 1.54) is 0 Å². The Morgan fingerprint density at radius 1 is 1.15 bits per heavy atom. The number of hydrogen-bond acceptors (Lipinski definition) is 7. The van der Waals surface area contributed by atoms with Crippen LogP contribution in [-0.2, 0) is 24.1 Å². The zero-order valence-corrected chi connectivity index (χ0v) is 19.9. The minimum Gasteiger partial charge on any atom is -0.381 e. The third-order valence-corrected chi connectivity index (χ3v) is 9.52. The molecule has 1 aromatic carbocycles. The third-order valence-electron chi connectivity index (χ3n) is 6.95. The molecule has 0 bridgehead atoms. The maximum atomic E-state index is 13.5. The van der Waals surface area contributed by atoms with E-state index in [-0.39, 0.29) is 11.8 Å². The molecule has 0 saturated carbocycles. The zero-order chi connectivity index (χ0) is 23.1. The van der Waals surface area contributed by atoms with Crippen LogP contribution in [0.3, 0.4) is 0 Å². The number of morpholine rings is 1. The Balaban J connectivity index is 1.75. The van der Waals surface area contributed by atoms with Gasteiger partial charge in [-0.25, -0.2) is 18.4 Å². The molecular formula is C24H30N4O4S. The molecule has 1 unspecified atom stereocenters. The first-order chi connectivity index (χ1) is 15.9. The van der Waals surface area contributed by atoms with Crippen molar-refractivity contribution >= 4 is 26.6 Å². The van der Waals surface area contributed by atoms with Gasteiger partial charge >= 0.3 is 0 Å². The number of H-pyrrole nitrogens is 1. The number of nitrogens with one attached hydrogen (secondary N) is 1. The average Bonchev–Trinajstić information content (AvgIpc) is 3.33. The molecule has 0 spiro atoms. The van der Waals surface area contributed by atoms with E-state index in [1.807, 2.05) is 36.5 Å². The second-order valence-corrected chi connectivity index (χ2v) is 11.4. The normalized spacial score (nSPS) is 21.4. The van der Waals surface area contributed by atoms with E-state index < -0.39 is 14.6 Å². The topological polar surface area (TPSA) is 97.4 Å². The molecule has 2 fully saturated rings. The van der Waals surface area contributed by atoms with Crippen molar-refractivity contribution in [1.82, 2.24) is 15.0 Å². The molecule has 0 radical (unpaired) electrons. The van der Waals surface area contributed by atoms with Gasteiger partial charge in [-0.05, 0) is 31.9 Å². The monoisotopic (exact) mass is 470 g/mol. The smallest absolute Gasteiger partial charge is 0.162 e. The molecule has 4 heterocycles. The number of fused-ring (bicyclic) bond motifs is 1. The fourth-order valence-corrected chi connectivity index (χ4v) is 6.75. The molecule has 0 amide bonds. The van der Waals surface area contributed by atoms with Crippen LogP contribution in [0.1, 0.15) is 32.4 Å². The number of aromatic amines is 1. The number of rotatable bonds is 5. The summed E-state index contributed by atoms with van der Waals surface area (Å²) in [6, 6.07) is 9.99. The van der Waals surface area contributed by atoms with E-state index in [0.29, 0.717) is 57.3 Å². The second-order valence-electron chi connectivity index (χ2n) is 8.81. The molecule has 2 saturated heterocycles. The summed E-state index contributed by atoms with van der Waals surface area (Å²) in [5.41, 5.74) is 2.44. The highest BCUT2D eigenvalue weighted by Gasteiger charge is 2.47. The van der Waals surface area contributed by atoms with Crippen LogP contribution in [0.25, 0.3) is 22.3 Å². The van der Waals surface area contributed by atoms with Crippen molar-refractivity contribution in [1.29, 1.82) is 0 Å². The molecule has 8 nitrogen and oxygen atoms in total. The van der Waals surface area contributed by atoms with E-state index in [0.717, 1.165) is 22.3 Å². The second kappa shape index (κ2) is 8.70. The largest absolute Gasteiger partial charge is 0.381 e. The first-order valence-corrected chi connectivity index (χ1v) is 13.2. The summed E-state index contributed by atoms with van der Waals surface area (Å²) in [7, 11) is -3.45. The molecule has 1 atom stereocenters. The van der Waals surface area contributed by atoms with Gasteiger partial charge in [-0.3, -0.25) is 0 Å². The Hall–Kier alpha value is -2.49. The molecule has 176 valence electrons. The number of ether oxygens (including phenoxy) is 2. The first kappa shape index (κ1) is 22.3. The van der Waals surface area contributed by atoms with Gasteiger partial charge in [-0.2, -0.15) is 0 Å². The summed E-state index contributed by atoms with van der Waals surface area (Å²) in [6.45, 7) is 6.51. The molecule has 9 heteroatoms. The van der Waals surface area contributed by atoms with E-state index in [1.54, 1.807) is 6.92 Å². The predicted molar refractivity (Wildman–Crippen MR) is 128 cm³/mol. The van der Waals surface area contributed by atoms with Crippen LogP contribution < -0.4 is 4.90 Å². The van der Waals surface area contributed by atoms with Crippen molar-refractivity contribution in [2.75, 3.05) is 43.6 Å². The van der Waals surface area contributed by atoms with E-state index in [2.05, 4.69) is 16.8 Å².